The van der Waals surface area contributed by atoms with E-state index in [0.29, 0.717) is 11.4 Å². The maximum atomic E-state index is 10.4. The van der Waals surface area contributed by atoms with E-state index in [-0.39, 0.29) is 12.5 Å². The molecule has 0 radical (unpaired) electrons. The minimum atomic E-state index is -0.875. The van der Waals surface area contributed by atoms with Gasteiger partial charge in [-0.25, -0.2) is 0 Å². The van der Waals surface area contributed by atoms with Gasteiger partial charge in [-0.1, -0.05) is 23.7 Å². The summed E-state index contributed by atoms with van der Waals surface area (Å²) in [6, 6.07) is 6.92. The summed E-state index contributed by atoms with van der Waals surface area (Å²) in [5, 5.41) is 9.15. The van der Waals surface area contributed by atoms with Crippen LogP contribution in [0.15, 0.2) is 24.3 Å². The van der Waals surface area contributed by atoms with E-state index in [1.807, 2.05) is 12.1 Å². The van der Waals surface area contributed by atoms with Gasteiger partial charge in [-0.3, -0.25) is 4.79 Å². The molecule has 0 bridgehead atoms. The van der Waals surface area contributed by atoms with Gasteiger partial charge in [0.2, 0.25) is 0 Å². The van der Waals surface area contributed by atoms with E-state index in [0.717, 1.165) is 5.56 Å². The molecule has 0 aliphatic heterocycles. The number of aliphatic carboxylic acids is 1. The zero-order chi connectivity index (χ0) is 10.6. The molecule has 0 amide bonds. The lowest BCUT2D eigenvalue weighted by Crippen LogP contribution is -2.26. The third kappa shape index (κ3) is 3.77. The van der Waals surface area contributed by atoms with Gasteiger partial charge in [-0.2, -0.15) is 0 Å². The molecule has 3 nitrogen and oxygen atoms in total. The van der Waals surface area contributed by atoms with Crippen molar-refractivity contribution in [2.24, 2.45) is 5.73 Å². The maximum Gasteiger partial charge on any atom is 0.304 e. The molecule has 0 heterocycles. The fourth-order valence-electron chi connectivity index (χ4n) is 1.26. The third-order valence-electron chi connectivity index (χ3n) is 1.82. The fraction of sp³-hybridized carbons (Fsp3) is 0.300. The first-order valence-electron chi connectivity index (χ1n) is 4.30. The molecule has 0 saturated carbocycles. The SMILES string of the molecule is N[C@H](CC(=O)O)Cc1cccc(Cl)c1. The van der Waals surface area contributed by atoms with Crippen LogP contribution < -0.4 is 5.73 Å². The zero-order valence-corrected chi connectivity index (χ0v) is 8.37. The van der Waals surface area contributed by atoms with Crippen LogP contribution in [0.3, 0.4) is 0 Å². The highest BCUT2D eigenvalue weighted by molar-refractivity contribution is 6.30. The Balaban J connectivity index is 2.55. The second kappa shape index (κ2) is 4.98. The van der Waals surface area contributed by atoms with Crippen molar-refractivity contribution in [1.29, 1.82) is 0 Å². The van der Waals surface area contributed by atoms with Crippen LogP contribution >= 0.6 is 11.6 Å². The molecule has 1 rings (SSSR count). The standard InChI is InChI=1S/C10H12ClNO2/c11-8-3-1-2-7(4-8)5-9(12)6-10(13)14/h1-4,9H,5-6,12H2,(H,13,14)/t9-/m0/s1. The Morgan fingerprint density at radius 3 is 2.86 bits per heavy atom. The number of rotatable bonds is 4. The van der Waals surface area contributed by atoms with Crippen molar-refractivity contribution in [1.82, 2.24) is 0 Å². The highest BCUT2D eigenvalue weighted by Gasteiger charge is 2.08. The number of benzene rings is 1. The van der Waals surface area contributed by atoms with Gasteiger partial charge in [-0.15, -0.1) is 0 Å². The van der Waals surface area contributed by atoms with Crippen LogP contribution in [0.5, 0.6) is 0 Å². The summed E-state index contributed by atoms with van der Waals surface area (Å²) in [7, 11) is 0. The van der Waals surface area contributed by atoms with Gasteiger partial charge in [0.05, 0.1) is 6.42 Å². The van der Waals surface area contributed by atoms with E-state index >= 15 is 0 Å². The Kier molecular flexibility index (Phi) is 3.92. The molecule has 1 aromatic rings. The normalized spacial score (nSPS) is 12.4. The second-order valence-corrected chi connectivity index (χ2v) is 3.63. The fourth-order valence-corrected chi connectivity index (χ4v) is 1.48. The second-order valence-electron chi connectivity index (χ2n) is 3.19. The van der Waals surface area contributed by atoms with Crippen LogP contribution in [-0.2, 0) is 11.2 Å². The Morgan fingerprint density at radius 1 is 1.57 bits per heavy atom. The average Bonchev–Trinajstić information content (AvgIpc) is 2.01. The Morgan fingerprint density at radius 2 is 2.29 bits per heavy atom. The van der Waals surface area contributed by atoms with Crippen LogP contribution in [0, 0.1) is 0 Å². The van der Waals surface area contributed by atoms with Crippen LogP contribution in [0.25, 0.3) is 0 Å². The molecular weight excluding hydrogens is 202 g/mol. The molecule has 0 aliphatic rings. The predicted molar refractivity (Wildman–Crippen MR) is 55.4 cm³/mol. The van der Waals surface area contributed by atoms with Crippen molar-refractivity contribution in [3.63, 3.8) is 0 Å². The van der Waals surface area contributed by atoms with Gasteiger partial charge in [0.15, 0.2) is 0 Å². The largest absolute Gasteiger partial charge is 0.481 e. The third-order valence-corrected chi connectivity index (χ3v) is 2.06. The smallest absolute Gasteiger partial charge is 0.304 e. The summed E-state index contributed by atoms with van der Waals surface area (Å²) in [6.07, 6.45) is 0.513. The van der Waals surface area contributed by atoms with E-state index in [4.69, 9.17) is 22.4 Å². The molecule has 14 heavy (non-hydrogen) atoms. The molecule has 0 fully saturated rings. The average molecular weight is 214 g/mol. The van der Waals surface area contributed by atoms with E-state index in [2.05, 4.69) is 0 Å². The first kappa shape index (κ1) is 11.0. The molecule has 1 atom stereocenters. The lowest BCUT2D eigenvalue weighted by atomic mass is 10.0. The quantitative estimate of drug-likeness (QED) is 0.800. The molecule has 0 saturated heterocycles. The van der Waals surface area contributed by atoms with Gasteiger partial charge in [0, 0.05) is 11.1 Å². The number of halogens is 1. The number of carboxylic acid groups (broad SMARTS) is 1. The molecule has 76 valence electrons. The van der Waals surface area contributed by atoms with Gasteiger partial charge in [0.1, 0.15) is 0 Å². The van der Waals surface area contributed by atoms with Crippen molar-refractivity contribution in [2.45, 2.75) is 18.9 Å². The predicted octanol–water partition coefficient (Wildman–Crippen LogP) is 1.68. The van der Waals surface area contributed by atoms with E-state index < -0.39 is 5.97 Å². The zero-order valence-electron chi connectivity index (χ0n) is 7.61. The molecule has 0 spiro atoms. The Labute approximate surface area is 87.5 Å². The van der Waals surface area contributed by atoms with Crippen molar-refractivity contribution >= 4 is 17.6 Å². The number of hydrogen-bond donors (Lipinski definition) is 2. The van der Waals surface area contributed by atoms with Crippen LogP contribution in [0.4, 0.5) is 0 Å². The number of nitrogens with two attached hydrogens (primary N) is 1. The van der Waals surface area contributed by atoms with E-state index in [1.165, 1.54) is 0 Å². The maximum absolute atomic E-state index is 10.4. The summed E-state index contributed by atoms with van der Waals surface area (Å²) in [5.41, 5.74) is 6.60. The lowest BCUT2D eigenvalue weighted by Gasteiger charge is -2.08. The number of carboxylic acids is 1. The van der Waals surface area contributed by atoms with E-state index in [1.54, 1.807) is 12.1 Å². The highest BCUT2D eigenvalue weighted by atomic mass is 35.5. The van der Waals surface area contributed by atoms with E-state index in [9.17, 15) is 4.79 Å². The number of carbonyl (C=O) groups is 1. The molecular formula is C10H12ClNO2. The first-order valence-corrected chi connectivity index (χ1v) is 4.67. The molecule has 1 aromatic carbocycles. The molecule has 0 aliphatic carbocycles. The van der Waals surface area contributed by atoms with Crippen LogP contribution in [0.2, 0.25) is 5.02 Å². The summed E-state index contributed by atoms with van der Waals surface area (Å²) < 4.78 is 0. The van der Waals surface area contributed by atoms with Gasteiger partial charge in [0.25, 0.3) is 0 Å². The van der Waals surface area contributed by atoms with Crippen molar-refractivity contribution in [2.75, 3.05) is 0 Å². The Hall–Kier alpha value is -1.06. The summed E-state index contributed by atoms with van der Waals surface area (Å²) in [6.45, 7) is 0. The minimum Gasteiger partial charge on any atom is -0.481 e. The number of hydrogen-bond acceptors (Lipinski definition) is 2. The summed E-state index contributed by atoms with van der Waals surface area (Å²) >= 11 is 5.78. The molecule has 0 unspecified atom stereocenters. The molecule has 3 N–H and O–H groups in total. The van der Waals surface area contributed by atoms with Crippen LogP contribution in [-0.4, -0.2) is 17.1 Å². The molecule has 0 aromatic heterocycles. The van der Waals surface area contributed by atoms with Crippen molar-refractivity contribution in [3.05, 3.63) is 34.9 Å². The van der Waals surface area contributed by atoms with Crippen molar-refractivity contribution < 1.29 is 9.90 Å². The van der Waals surface area contributed by atoms with Gasteiger partial charge in [-0.05, 0) is 24.1 Å². The van der Waals surface area contributed by atoms with Gasteiger partial charge < -0.3 is 10.8 Å². The summed E-state index contributed by atoms with van der Waals surface area (Å²) in [5.74, 6) is -0.875. The first-order chi connectivity index (χ1) is 6.58. The molecule has 4 heteroatoms. The lowest BCUT2D eigenvalue weighted by molar-refractivity contribution is -0.137. The highest BCUT2D eigenvalue weighted by Crippen LogP contribution is 2.12. The van der Waals surface area contributed by atoms with Crippen molar-refractivity contribution in [3.8, 4) is 0 Å². The Bertz CT molecular complexity index is 328. The monoisotopic (exact) mass is 213 g/mol. The minimum absolute atomic E-state index is 0.0213. The van der Waals surface area contributed by atoms with Crippen LogP contribution in [0.1, 0.15) is 12.0 Å². The summed E-state index contributed by atoms with van der Waals surface area (Å²) in [4.78, 5) is 10.4. The topological polar surface area (TPSA) is 63.3 Å². The van der Waals surface area contributed by atoms with Gasteiger partial charge >= 0.3 is 5.97 Å².